The van der Waals surface area contributed by atoms with E-state index in [0.29, 0.717) is 16.7 Å². The molecule has 0 aliphatic carbocycles. The number of hydrogen-bond acceptors (Lipinski definition) is 4. The number of nitrogens with zero attached hydrogens (tertiary/aromatic N) is 3. The van der Waals surface area contributed by atoms with Crippen LogP contribution in [-0.2, 0) is 17.8 Å². The number of thiazole rings is 1. The van der Waals surface area contributed by atoms with Gasteiger partial charge in [-0.25, -0.2) is 4.98 Å². The van der Waals surface area contributed by atoms with Crippen LogP contribution in [0.5, 0.6) is 0 Å². The lowest BCUT2D eigenvalue weighted by Gasteiger charge is -2.20. The molecule has 2 heterocycles. The molecule has 158 valence electrons. The van der Waals surface area contributed by atoms with E-state index in [2.05, 4.69) is 29.2 Å². The molecule has 0 aliphatic heterocycles. The van der Waals surface area contributed by atoms with E-state index in [1.54, 1.807) is 17.3 Å². The van der Waals surface area contributed by atoms with Crippen LogP contribution in [0.2, 0.25) is 5.02 Å². The number of pyridine rings is 1. The number of benzene rings is 3. The van der Waals surface area contributed by atoms with Crippen molar-refractivity contribution in [1.29, 1.82) is 0 Å². The van der Waals surface area contributed by atoms with Crippen LogP contribution in [-0.4, -0.2) is 15.9 Å². The van der Waals surface area contributed by atoms with Crippen molar-refractivity contribution in [3.63, 3.8) is 0 Å². The average Bonchev–Trinajstić information content (AvgIpc) is 3.27. The molecule has 0 aliphatic rings. The zero-order chi connectivity index (χ0) is 22.1. The van der Waals surface area contributed by atoms with Crippen molar-refractivity contribution in [3.05, 3.63) is 101 Å². The van der Waals surface area contributed by atoms with Crippen LogP contribution in [0.4, 0.5) is 5.13 Å². The fraction of sp³-hybridized carbons (Fsp3) is 0.115. The van der Waals surface area contributed by atoms with E-state index in [1.807, 2.05) is 49.4 Å². The predicted octanol–water partition coefficient (Wildman–Crippen LogP) is 6.58. The highest BCUT2D eigenvalue weighted by molar-refractivity contribution is 7.23. The van der Waals surface area contributed by atoms with Crippen molar-refractivity contribution in [2.24, 2.45) is 0 Å². The van der Waals surface area contributed by atoms with E-state index in [0.717, 1.165) is 37.7 Å². The molecule has 0 fully saturated rings. The maximum Gasteiger partial charge on any atom is 0.233 e. The summed E-state index contributed by atoms with van der Waals surface area (Å²) >= 11 is 7.88. The smallest absolute Gasteiger partial charge is 0.233 e. The Morgan fingerprint density at radius 2 is 1.84 bits per heavy atom. The normalized spacial score (nSPS) is 11.2. The molecule has 0 N–H and O–H groups in total. The van der Waals surface area contributed by atoms with Gasteiger partial charge in [0.15, 0.2) is 5.13 Å². The minimum absolute atomic E-state index is 0.0167. The lowest BCUT2D eigenvalue weighted by Crippen LogP contribution is -2.31. The second-order valence-electron chi connectivity index (χ2n) is 7.74. The summed E-state index contributed by atoms with van der Waals surface area (Å²) in [5.41, 5.74) is 3.80. The van der Waals surface area contributed by atoms with Crippen molar-refractivity contribution in [3.8, 4) is 0 Å². The molecule has 0 unspecified atom stereocenters. The Hall–Kier alpha value is -3.28. The van der Waals surface area contributed by atoms with E-state index < -0.39 is 0 Å². The first-order valence-corrected chi connectivity index (χ1v) is 11.5. The van der Waals surface area contributed by atoms with Crippen LogP contribution in [0.1, 0.15) is 16.7 Å². The molecule has 0 bridgehead atoms. The van der Waals surface area contributed by atoms with Crippen LogP contribution in [0, 0.1) is 6.92 Å². The average molecular weight is 458 g/mol. The molecular weight excluding hydrogens is 438 g/mol. The molecule has 0 radical (unpaired) electrons. The van der Waals surface area contributed by atoms with E-state index >= 15 is 0 Å². The lowest BCUT2D eigenvalue weighted by atomic mass is 10.0. The number of aromatic nitrogens is 2. The van der Waals surface area contributed by atoms with Crippen molar-refractivity contribution in [1.82, 2.24) is 9.97 Å². The zero-order valence-electron chi connectivity index (χ0n) is 17.5. The zero-order valence-corrected chi connectivity index (χ0v) is 19.0. The molecule has 0 saturated heterocycles. The minimum atomic E-state index is -0.0167. The number of rotatable bonds is 5. The molecule has 4 nitrogen and oxygen atoms in total. The number of halogens is 1. The topological polar surface area (TPSA) is 46.1 Å². The first-order valence-electron chi connectivity index (χ1n) is 10.3. The standard InChI is InChI=1S/C26H20ClN3OS/c1-17-8-11-22(27)25-24(17)29-26(32-25)30(16-19-5-4-12-28-15-19)23(31)14-18-9-10-20-6-2-3-7-21(20)13-18/h2-13,15H,14,16H2,1H3. The highest BCUT2D eigenvalue weighted by Crippen LogP contribution is 2.36. The number of amides is 1. The second-order valence-corrected chi connectivity index (χ2v) is 9.12. The van der Waals surface area contributed by atoms with Gasteiger partial charge in [0.2, 0.25) is 5.91 Å². The Morgan fingerprint density at radius 1 is 1.00 bits per heavy atom. The van der Waals surface area contributed by atoms with Gasteiger partial charge in [-0.3, -0.25) is 14.7 Å². The Balaban J connectivity index is 1.52. The molecular formula is C26H20ClN3OS. The van der Waals surface area contributed by atoms with Gasteiger partial charge < -0.3 is 0 Å². The van der Waals surface area contributed by atoms with Gasteiger partial charge >= 0.3 is 0 Å². The van der Waals surface area contributed by atoms with Gasteiger partial charge in [-0.05, 0) is 46.5 Å². The van der Waals surface area contributed by atoms with Crippen LogP contribution in [0.15, 0.2) is 79.1 Å². The number of carbonyl (C=O) groups excluding carboxylic acids is 1. The minimum Gasteiger partial charge on any atom is -0.283 e. The maximum atomic E-state index is 13.5. The Kier molecular flexibility index (Phi) is 5.60. The third-order valence-electron chi connectivity index (χ3n) is 5.45. The van der Waals surface area contributed by atoms with Gasteiger partial charge in [0.25, 0.3) is 0 Å². The molecule has 1 amide bonds. The van der Waals surface area contributed by atoms with Gasteiger partial charge in [0.05, 0.1) is 28.2 Å². The summed E-state index contributed by atoms with van der Waals surface area (Å²) in [6.45, 7) is 2.40. The molecule has 32 heavy (non-hydrogen) atoms. The predicted molar refractivity (Wildman–Crippen MR) is 132 cm³/mol. The Labute approximate surface area is 195 Å². The summed E-state index contributed by atoms with van der Waals surface area (Å²) in [5.74, 6) is -0.0167. The molecule has 0 atom stereocenters. The first kappa shape index (κ1) is 20.6. The Bertz CT molecular complexity index is 1390. The number of fused-ring (bicyclic) bond motifs is 2. The fourth-order valence-corrected chi connectivity index (χ4v) is 5.09. The van der Waals surface area contributed by atoms with Gasteiger partial charge in [0.1, 0.15) is 0 Å². The first-order chi connectivity index (χ1) is 15.6. The summed E-state index contributed by atoms with van der Waals surface area (Å²) in [6, 6.07) is 22.0. The summed E-state index contributed by atoms with van der Waals surface area (Å²) in [7, 11) is 0. The molecule has 0 saturated carbocycles. The van der Waals surface area contributed by atoms with Crippen LogP contribution < -0.4 is 4.90 Å². The lowest BCUT2D eigenvalue weighted by molar-refractivity contribution is -0.118. The van der Waals surface area contributed by atoms with E-state index in [4.69, 9.17) is 16.6 Å². The molecule has 0 spiro atoms. The van der Waals surface area contributed by atoms with Gasteiger partial charge in [0, 0.05) is 12.4 Å². The fourth-order valence-electron chi connectivity index (χ4n) is 3.76. The second kappa shape index (κ2) is 8.69. The Morgan fingerprint density at radius 3 is 2.62 bits per heavy atom. The third-order valence-corrected chi connectivity index (χ3v) is 6.99. The molecule has 2 aromatic heterocycles. The number of aryl methyl sites for hydroxylation is 1. The van der Waals surface area contributed by atoms with Gasteiger partial charge in [-0.15, -0.1) is 0 Å². The van der Waals surface area contributed by atoms with Crippen molar-refractivity contribution >= 4 is 55.0 Å². The highest BCUT2D eigenvalue weighted by Gasteiger charge is 2.22. The highest BCUT2D eigenvalue weighted by atomic mass is 35.5. The van der Waals surface area contributed by atoms with Crippen LogP contribution in [0.3, 0.4) is 0 Å². The summed E-state index contributed by atoms with van der Waals surface area (Å²) in [6.07, 6.45) is 3.79. The van der Waals surface area contributed by atoms with E-state index in [-0.39, 0.29) is 12.3 Å². The number of anilines is 1. The quantitative estimate of drug-likeness (QED) is 0.299. The van der Waals surface area contributed by atoms with Crippen molar-refractivity contribution in [2.45, 2.75) is 19.9 Å². The molecule has 5 aromatic rings. The molecule has 5 rings (SSSR count). The van der Waals surface area contributed by atoms with Crippen LogP contribution >= 0.6 is 22.9 Å². The van der Waals surface area contributed by atoms with Crippen molar-refractivity contribution < 1.29 is 4.79 Å². The summed E-state index contributed by atoms with van der Waals surface area (Å²) in [5, 5.41) is 3.58. The number of carbonyl (C=O) groups is 1. The SMILES string of the molecule is Cc1ccc(Cl)c2sc(N(Cc3cccnc3)C(=O)Cc3ccc4ccccc4c3)nc12. The van der Waals surface area contributed by atoms with E-state index in [9.17, 15) is 4.79 Å². The number of hydrogen-bond donors (Lipinski definition) is 0. The largest absolute Gasteiger partial charge is 0.283 e. The maximum absolute atomic E-state index is 13.5. The molecule has 3 aromatic carbocycles. The monoisotopic (exact) mass is 457 g/mol. The third kappa shape index (κ3) is 4.09. The van der Waals surface area contributed by atoms with E-state index in [1.165, 1.54) is 11.3 Å². The molecule has 6 heteroatoms. The summed E-state index contributed by atoms with van der Waals surface area (Å²) < 4.78 is 0.899. The van der Waals surface area contributed by atoms with Gasteiger partial charge in [-0.2, -0.15) is 0 Å². The van der Waals surface area contributed by atoms with Crippen molar-refractivity contribution in [2.75, 3.05) is 4.90 Å². The van der Waals surface area contributed by atoms with Crippen LogP contribution in [0.25, 0.3) is 21.0 Å². The van der Waals surface area contributed by atoms with Gasteiger partial charge in [-0.1, -0.05) is 77.5 Å². The summed E-state index contributed by atoms with van der Waals surface area (Å²) in [4.78, 5) is 24.3.